The molecule has 7 heteroatoms. The molecule has 2 aromatic heterocycles. The first kappa shape index (κ1) is 18.9. The molecule has 0 saturated carbocycles. The molecule has 0 aliphatic heterocycles. The van der Waals surface area contributed by atoms with Crippen molar-refractivity contribution in [2.45, 2.75) is 33.3 Å². The Morgan fingerprint density at radius 3 is 2.66 bits per heavy atom. The van der Waals surface area contributed by atoms with E-state index < -0.39 is 12.1 Å². The highest BCUT2D eigenvalue weighted by Crippen LogP contribution is 2.28. The number of aromatic nitrogens is 2. The maximum absolute atomic E-state index is 13.0. The fourth-order valence-electron chi connectivity index (χ4n) is 3.08. The van der Waals surface area contributed by atoms with Gasteiger partial charge >= 0.3 is 5.97 Å². The molecular formula is C22H19FN2O4. The number of aryl methyl sites for hydroxylation is 2. The smallest absolute Gasteiger partial charge is 0.311 e. The van der Waals surface area contributed by atoms with Crippen molar-refractivity contribution in [1.82, 2.24) is 10.2 Å². The van der Waals surface area contributed by atoms with Crippen LogP contribution in [-0.2, 0) is 16.0 Å². The number of esters is 1. The van der Waals surface area contributed by atoms with Crippen LogP contribution >= 0.6 is 0 Å². The lowest BCUT2D eigenvalue weighted by Crippen LogP contribution is -2.11. The van der Waals surface area contributed by atoms with Gasteiger partial charge in [0.15, 0.2) is 6.10 Å². The van der Waals surface area contributed by atoms with Crippen molar-refractivity contribution < 1.29 is 22.8 Å². The van der Waals surface area contributed by atoms with Crippen LogP contribution in [0.4, 0.5) is 4.39 Å². The Labute approximate surface area is 166 Å². The number of furan rings is 1. The third-order valence-electron chi connectivity index (χ3n) is 4.86. The number of halogens is 1. The first-order valence-corrected chi connectivity index (χ1v) is 9.17. The van der Waals surface area contributed by atoms with Gasteiger partial charge in [0.25, 0.3) is 5.89 Å². The summed E-state index contributed by atoms with van der Waals surface area (Å²) in [6, 6.07) is 9.64. The van der Waals surface area contributed by atoms with E-state index in [-0.39, 0.29) is 24.0 Å². The molecule has 0 aliphatic rings. The molecule has 2 aromatic carbocycles. The fraction of sp³-hybridized carbons (Fsp3) is 0.227. The van der Waals surface area contributed by atoms with Crippen LogP contribution < -0.4 is 0 Å². The zero-order chi connectivity index (χ0) is 20.5. The number of carbonyl (C=O) groups is 1. The van der Waals surface area contributed by atoms with Crippen LogP contribution in [-0.4, -0.2) is 16.2 Å². The summed E-state index contributed by atoms with van der Waals surface area (Å²) in [5, 5.41) is 8.76. The van der Waals surface area contributed by atoms with Gasteiger partial charge in [0.2, 0.25) is 5.89 Å². The van der Waals surface area contributed by atoms with E-state index in [1.807, 2.05) is 26.0 Å². The SMILES string of the molecule is Cc1ccc2c(CC(=O)O[C@@H](C)c3nnc(-c4ccc(F)cc4)o3)coc2c1C. The number of ether oxygens (including phenoxy) is 1. The molecule has 0 N–H and O–H groups in total. The molecule has 4 rings (SSSR count). The van der Waals surface area contributed by atoms with Crippen LogP contribution in [0.25, 0.3) is 22.4 Å². The number of nitrogens with zero attached hydrogens (tertiary/aromatic N) is 2. The predicted molar refractivity (Wildman–Crippen MR) is 104 cm³/mol. The van der Waals surface area contributed by atoms with Gasteiger partial charge in [-0.3, -0.25) is 4.79 Å². The van der Waals surface area contributed by atoms with Gasteiger partial charge in [0.05, 0.1) is 12.7 Å². The highest BCUT2D eigenvalue weighted by atomic mass is 19.1. The maximum Gasteiger partial charge on any atom is 0.311 e. The minimum Gasteiger partial charge on any atom is -0.464 e. The molecule has 0 radical (unpaired) electrons. The second-order valence-corrected chi connectivity index (χ2v) is 6.91. The van der Waals surface area contributed by atoms with E-state index >= 15 is 0 Å². The van der Waals surface area contributed by atoms with Gasteiger partial charge < -0.3 is 13.6 Å². The molecule has 6 nitrogen and oxygen atoms in total. The average Bonchev–Trinajstić information content (AvgIpc) is 3.33. The first-order chi connectivity index (χ1) is 13.9. The van der Waals surface area contributed by atoms with E-state index in [0.717, 1.165) is 27.7 Å². The number of carbonyl (C=O) groups excluding carboxylic acids is 1. The van der Waals surface area contributed by atoms with Gasteiger partial charge in [-0.25, -0.2) is 4.39 Å². The minimum atomic E-state index is -0.716. The number of hydrogen-bond donors (Lipinski definition) is 0. The zero-order valence-electron chi connectivity index (χ0n) is 16.2. The molecule has 148 valence electrons. The standard InChI is InChI=1S/C22H19FN2O4/c1-12-4-9-18-16(11-27-20(18)13(12)2)10-19(26)28-14(3)21-24-25-22(29-21)15-5-7-17(23)8-6-15/h4-9,11,14H,10H2,1-3H3/t14-/m0/s1. The quantitative estimate of drug-likeness (QED) is 0.439. The third kappa shape index (κ3) is 3.76. The van der Waals surface area contributed by atoms with Gasteiger partial charge in [0, 0.05) is 16.5 Å². The Kier molecular flexibility index (Phi) is 4.88. The van der Waals surface area contributed by atoms with Crippen molar-refractivity contribution >= 4 is 16.9 Å². The Hall–Kier alpha value is -3.48. The first-order valence-electron chi connectivity index (χ1n) is 9.17. The lowest BCUT2D eigenvalue weighted by molar-refractivity contribution is -0.148. The topological polar surface area (TPSA) is 78.4 Å². The Bertz CT molecular complexity index is 1180. The molecule has 4 aromatic rings. The largest absolute Gasteiger partial charge is 0.464 e. The van der Waals surface area contributed by atoms with Crippen LogP contribution in [0, 0.1) is 19.7 Å². The van der Waals surface area contributed by atoms with Crippen molar-refractivity contribution in [2.24, 2.45) is 0 Å². The summed E-state index contributed by atoms with van der Waals surface area (Å²) < 4.78 is 29.7. The summed E-state index contributed by atoms with van der Waals surface area (Å²) in [4.78, 5) is 12.4. The normalized spacial score (nSPS) is 12.3. The number of rotatable bonds is 5. The van der Waals surface area contributed by atoms with Crippen LogP contribution in [0.2, 0.25) is 0 Å². The molecule has 0 amide bonds. The monoisotopic (exact) mass is 394 g/mol. The molecule has 0 bridgehead atoms. The van der Waals surface area contributed by atoms with E-state index in [9.17, 15) is 9.18 Å². The summed E-state index contributed by atoms with van der Waals surface area (Å²) in [6.45, 7) is 5.65. The molecule has 0 spiro atoms. The van der Waals surface area contributed by atoms with Gasteiger partial charge in [-0.2, -0.15) is 0 Å². The van der Waals surface area contributed by atoms with E-state index in [2.05, 4.69) is 10.2 Å². The molecule has 29 heavy (non-hydrogen) atoms. The number of benzene rings is 2. The summed E-state index contributed by atoms with van der Waals surface area (Å²) in [7, 11) is 0. The number of hydrogen-bond acceptors (Lipinski definition) is 6. The van der Waals surface area contributed by atoms with Crippen molar-refractivity contribution in [3.63, 3.8) is 0 Å². The second-order valence-electron chi connectivity index (χ2n) is 6.91. The van der Waals surface area contributed by atoms with Crippen LogP contribution in [0.3, 0.4) is 0 Å². The van der Waals surface area contributed by atoms with Crippen molar-refractivity contribution in [3.8, 4) is 11.5 Å². The van der Waals surface area contributed by atoms with Gasteiger partial charge in [0.1, 0.15) is 11.4 Å². The second kappa shape index (κ2) is 7.50. The van der Waals surface area contributed by atoms with Crippen LogP contribution in [0.15, 0.2) is 51.5 Å². The molecule has 0 saturated heterocycles. The van der Waals surface area contributed by atoms with E-state index in [1.165, 1.54) is 24.3 Å². The van der Waals surface area contributed by atoms with Gasteiger partial charge in [-0.1, -0.05) is 12.1 Å². The Morgan fingerprint density at radius 2 is 1.90 bits per heavy atom. The van der Waals surface area contributed by atoms with Crippen LogP contribution in [0.5, 0.6) is 0 Å². The maximum atomic E-state index is 13.0. The summed E-state index contributed by atoms with van der Waals surface area (Å²) in [5.41, 5.74) is 4.30. The minimum absolute atomic E-state index is 0.0683. The molecule has 1 atom stereocenters. The van der Waals surface area contributed by atoms with Crippen molar-refractivity contribution in [3.05, 3.63) is 71.1 Å². The molecule has 0 fully saturated rings. The predicted octanol–water partition coefficient (Wildman–Crippen LogP) is 5.09. The van der Waals surface area contributed by atoms with E-state index in [1.54, 1.807) is 13.2 Å². The van der Waals surface area contributed by atoms with E-state index in [4.69, 9.17) is 13.6 Å². The van der Waals surface area contributed by atoms with Gasteiger partial charge in [-0.15, -0.1) is 10.2 Å². The fourth-order valence-corrected chi connectivity index (χ4v) is 3.08. The summed E-state index contributed by atoms with van der Waals surface area (Å²) >= 11 is 0. The molecular weight excluding hydrogens is 375 g/mol. The Balaban J connectivity index is 1.45. The van der Waals surface area contributed by atoms with Crippen molar-refractivity contribution in [2.75, 3.05) is 0 Å². The summed E-state index contributed by atoms with van der Waals surface area (Å²) in [5.74, 6) is -0.386. The van der Waals surface area contributed by atoms with E-state index in [0.29, 0.717) is 5.56 Å². The average molecular weight is 394 g/mol. The van der Waals surface area contributed by atoms with Gasteiger partial charge in [-0.05, 0) is 56.2 Å². The molecule has 0 aliphatic carbocycles. The summed E-state index contributed by atoms with van der Waals surface area (Å²) in [6.07, 6.45) is 0.938. The molecule has 0 unspecified atom stereocenters. The third-order valence-corrected chi connectivity index (χ3v) is 4.86. The zero-order valence-corrected chi connectivity index (χ0v) is 16.2. The number of fused-ring (bicyclic) bond motifs is 1. The highest BCUT2D eigenvalue weighted by molar-refractivity contribution is 5.88. The van der Waals surface area contributed by atoms with Crippen LogP contribution in [0.1, 0.15) is 35.6 Å². The van der Waals surface area contributed by atoms with Crippen molar-refractivity contribution in [1.29, 1.82) is 0 Å². The highest BCUT2D eigenvalue weighted by Gasteiger charge is 2.21. The Morgan fingerprint density at radius 1 is 1.14 bits per heavy atom. The lowest BCUT2D eigenvalue weighted by Gasteiger charge is -2.09. The molecule has 2 heterocycles. The lowest BCUT2D eigenvalue weighted by atomic mass is 10.0.